The summed E-state index contributed by atoms with van der Waals surface area (Å²) in [4.78, 5) is 15.2. The molecule has 1 unspecified atom stereocenters. The summed E-state index contributed by atoms with van der Waals surface area (Å²) in [5, 5.41) is 23.6. The van der Waals surface area contributed by atoms with E-state index in [-0.39, 0.29) is 11.9 Å². The highest BCUT2D eigenvalue weighted by Crippen LogP contribution is 2.32. The lowest BCUT2D eigenvalue weighted by atomic mass is 9.90. The normalized spacial score (nSPS) is 16.7. The van der Waals surface area contributed by atoms with E-state index in [2.05, 4.69) is 15.5 Å². The molecule has 4 heterocycles. The van der Waals surface area contributed by atoms with Crippen LogP contribution in [0.5, 0.6) is 0 Å². The number of amides is 2. The second-order valence-electron chi connectivity index (χ2n) is 6.49. The van der Waals surface area contributed by atoms with Crippen molar-refractivity contribution in [2.45, 2.75) is 25.5 Å². The van der Waals surface area contributed by atoms with Gasteiger partial charge < -0.3 is 15.3 Å². The summed E-state index contributed by atoms with van der Waals surface area (Å²) >= 11 is 1.58. The van der Waals surface area contributed by atoms with E-state index in [0.717, 1.165) is 23.4 Å². The molecule has 1 aliphatic heterocycles. The maximum atomic E-state index is 12.4. The standard InChI is InChI=1S/C18H21N5O2S/c24-17(14-4-3-11-26-14)13-6-9-22(10-7-13)18(25)19-12-16-21-20-15-5-1-2-8-23(15)16/h1-5,8,11,13,17,24H,6-7,9-10,12H2,(H,19,25). The summed E-state index contributed by atoms with van der Waals surface area (Å²) in [6, 6.07) is 9.52. The van der Waals surface area contributed by atoms with Gasteiger partial charge in [0.2, 0.25) is 0 Å². The number of rotatable bonds is 4. The van der Waals surface area contributed by atoms with E-state index in [1.807, 2.05) is 46.3 Å². The van der Waals surface area contributed by atoms with Crippen molar-refractivity contribution >= 4 is 23.0 Å². The van der Waals surface area contributed by atoms with E-state index in [9.17, 15) is 9.90 Å². The van der Waals surface area contributed by atoms with E-state index in [1.54, 1.807) is 16.2 Å². The number of urea groups is 1. The minimum Gasteiger partial charge on any atom is -0.387 e. The van der Waals surface area contributed by atoms with E-state index in [4.69, 9.17) is 0 Å². The van der Waals surface area contributed by atoms with Crippen molar-refractivity contribution in [3.63, 3.8) is 0 Å². The molecule has 26 heavy (non-hydrogen) atoms. The molecule has 2 amide bonds. The summed E-state index contributed by atoms with van der Waals surface area (Å²) < 4.78 is 1.86. The predicted molar refractivity (Wildman–Crippen MR) is 98.8 cm³/mol. The van der Waals surface area contributed by atoms with Crippen LogP contribution in [-0.4, -0.2) is 43.7 Å². The van der Waals surface area contributed by atoms with Crippen molar-refractivity contribution < 1.29 is 9.90 Å². The van der Waals surface area contributed by atoms with Crippen LogP contribution in [0.2, 0.25) is 0 Å². The zero-order valence-corrected chi connectivity index (χ0v) is 15.1. The summed E-state index contributed by atoms with van der Waals surface area (Å²) in [7, 11) is 0. The van der Waals surface area contributed by atoms with Crippen LogP contribution in [0.3, 0.4) is 0 Å². The smallest absolute Gasteiger partial charge is 0.317 e. The molecule has 2 N–H and O–H groups in total. The van der Waals surface area contributed by atoms with Crippen LogP contribution < -0.4 is 5.32 Å². The Labute approximate surface area is 155 Å². The fourth-order valence-corrected chi connectivity index (χ4v) is 4.19. The van der Waals surface area contributed by atoms with E-state index < -0.39 is 6.10 Å². The van der Waals surface area contributed by atoms with Gasteiger partial charge in [-0.3, -0.25) is 4.40 Å². The lowest BCUT2D eigenvalue weighted by Crippen LogP contribution is -2.45. The average Bonchev–Trinajstić information content (AvgIpc) is 3.36. The summed E-state index contributed by atoms with van der Waals surface area (Å²) in [5.74, 6) is 0.912. The second kappa shape index (κ2) is 7.43. The number of aliphatic hydroxyl groups is 1. The second-order valence-corrected chi connectivity index (χ2v) is 7.47. The lowest BCUT2D eigenvalue weighted by Gasteiger charge is -2.33. The van der Waals surface area contributed by atoms with Crippen LogP contribution in [0, 0.1) is 5.92 Å². The van der Waals surface area contributed by atoms with Gasteiger partial charge in [0.15, 0.2) is 11.5 Å². The van der Waals surface area contributed by atoms with Crippen LogP contribution in [0.4, 0.5) is 4.79 Å². The largest absolute Gasteiger partial charge is 0.387 e. The third-order valence-corrected chi connectivity index (χ3v) is 5.83. The Morgan fingerprint density at radius 3 is 2.88 bits per heavy atom. The van der Waals surface area contributed by atoms with Gasteiger partial charge in [-0.25, -0.2) is 4.79 Å². The van der Waals surface area contributed by atoms with Crippen LogP contribution >= 0.6 is 11.3 Å². The number of nitrogens with one attached hydrogen (secondary N) is 1. The topological polar surface area (TPSA) is 82.8 Å². The molecule has 0 bridgehead atoms. The minimum absolute atomic E-state index is 0.0956. The third kappa shape index (κ3) is 3.42. The van der Waals surface area contributed by atoms with Crippen molar-refractivity contribution in [2.75, 3.05) is 13.1 Å². The number of pyridine rings is 1. The molecule has 8 heteroatoms. The number of piperidine rings is 1. The van der Waals surface area contributed by atoms with Gasteiger partial charge >= 0.3 is 6.03 Å². The summed E-state index contributed by atoms with van der Waals surface area (Å²) in [5.41, 5.74) is 0.764. The molecule has 4 rings (SSSR count). The first kappa shape index (κ1) is 17.0. The van der Waals surface area contributed by atoms with Gasteiger partial charge in [-0.05, 0) is 42.3 Å². The van der Waals surface area contributed by atoms with Crippen molar-refractivity contribution in [2.24, 2.45) is 5.92 Å². The van der Waals surface area contributed by atoms with Crippen LogP contribution in [0.25, 0.3) is 5.65 Å². The highest BCUT2D eigenvalue weighted by Gasteiger charge is 2.28. The molecular weight excluding hydrogens is 350 g/mol. The van der Waals surface area contributed by atoms with Gasteiger partial charge in [0, 0.05) is 24.2 Å². The number of carbonyl (C=O) groups is 1. The number of aliphatic hydroxyl groups excluding tert-OH is 1. The Kier molecular flexibility index (Phi) is 4.85. The molecule has 0 aliphatic carbocycles. The molecule has 1 atom stereocenters. The van der Waals surface area contributed by atoms with Crippen molar-refractivity contribution in [1.29, 1.82) is 0 Å². The Hall–Kier alpha value is -2.45. The van der Waals surface area contributed by atoms with Crippen LogP contribution in [0.1, 0.15) is 29.6 Å². The van der Waals surface area contributed by atoms with Crippen LogP contribution in [-0.2, 0) is 6.54 Å². The lowest BCUT2D eigenvalue weighted by molar-refractivity contribution is 0.0689. The number of thiophene rings is 1. The van der Waals surface area contributed by atoms with E-state index in [0.29, 0.717) is 25.5 Å². The van der Waals surface area contributed by atoms with Gasteiger partial charge in [-0.2, -0.15) is 0 Å². The Bertz CT molecular complexity index is 871. The number of nitrogens with zero attached hydrogens (tertiary/aromatic N) is 4. The highest BCUT2D eigenvalue weighted by molar-refractivity contribution is 7.10. The molecule has 3 aromatic heterocycles. The number of hydrogen-bond donors (Lipinski definition) is 2. The monoisotopic (exact) mass is 371 g/mol. The fraction of sp³-hybridized carbons (Fsp3) is 0.389. The maximum Gasteiger partial charge on any atom is 0.317 e. The summed E-state index contributed by atoms with van der Waals surface area (Å²) in [6.45, 7) is 1.64. The number of carbonyl (C=O) groups excluding carboxylic acids is 1. The Morgan fingerprint density at radius 1 is 1.27 bits per heavy atom. The number of aromatic nitrogens is 3. The highest BCUT2D eigenvalue weighted by atomic mass is 32.1. The molecule has 0 spiro atoms. The quantitative estimate of drug-likeness (QED) is 0.738. The molecule has 1 fully saturated rings. The SMILES string of the molecule is O=C(NCc1nnc2ccccn12)N1CCC(C(O)c2cccs2)CC1. The predicted octanol–water partition coefficient (Wildman–Crippen LogP) is 2.45. The first-order chi connectivity index (χ1) is 12.7. The Balaban J connectivity index is 1.30. The van der Waals surface area contributed by atoms with Gasteiger partial charge in [-0.15, -0.1) is 21.5 Å². The van der Waals surface area contributed by atoms with Crippen molar-refractivity contribution in [1.82, 2.24) is 24.8 Å². The first-order valence-electron chi connectivity index (χ1n) is 8.75. The number of hydrogen-bond acceptors (Lipinski definition) is 5. The zero-order chi connectivity index (χ0) is 17.9. The van der Waals surface area contributed by atoms with Crippen molar-refractivity contribution in [3.8, 4) is 0 Å². The molecule has 7 nitrogen and oxygen atoms in total. The van der Waals surface area contributed by atoms with Gasteiger partial charge in [0.1, 0.15) is 0 Å². The minimum atomic E-state index is -0.428. The fourth-order valence-electron chi connectivity index (χ4n) is 3.39. The summed E-state index contributed by atoms with van der Waals surface area (Å²) in [6.07, 6.45) is 3.07. The molecule has 0 aromatic carbocycles. The zero-order valence-electron chi connectivity index (χ0n) is 14.3. The molecule has 136 valence electrons. The maximum absolute atomic E-state index is 12.4. The molecular formula is C18H21N5O2S. The van der Waals surface area contributed by atoms with E-state index >= 15 is 0 Å². The molecule has 1 aliphatic rings. The van der Waals surface area contributed by atoms with Gasteiger partial charge in [0.25, 0.3) is 0 Å². The average molecular weight is 371 g/mol. The van der Waals surface area contributed by atoms with Crippen molar-refractivity contribution in [3.05, 3.63) is 52.6 Å². The third-order valence-electron chi connectivity index (χ3n) is 4.89. The number of likely N-dealkylation sites (tertiary alicyclic amines) is 1. The van der Waals surface area contributed by atoms with Gasteiger partial charge in [0.05, 0.1) is 12.6 Å². The van der Waals surface area contributed by atoms with Crippen LogP contribution in [0.15, 0.2) is 41.9 Å². The van der Waals surface area contributed by atoms with Gasteiger partial charge in [-0.1, -0.05) is 12.1 Å². The molecule has 0 radical (unpaired) electrons. The number of fused-ring (bicyclic) bond motifs is 1. The molecule has 3 aromatic rings. The molecule has 1 saturated heterocycles. The molecule has 0 saturated carbocycles. The Morgan fingerprint density at radius 2 is 2.12 bits per heavy atom. The first-order valence-corrected chi connectivity index (χ1v) is 9.63. The van der Waals surface area contributed by atoms with E-state index in [1.165, 1.54) is 0 Å².